The predicted octanol–water partition coefficient (Wildman–Crippen LogP) is 3.11. The third kappa shape index (κ3) is 5.47. The molecule has 108 valence electrons. The van der Waals surface area contributed by atoms with Gasteiger partial charge in [0.15, 0.2) is 0 Å². The molecule has 1 heterocycles. The van der Waals surface area contributed by atoms with Gasteiger partial charge in [-0.3, -0.25) is 0 Å². The molecule has 2 N–H and O–H groups in total. The van der Waals surface area contributed by atoms with Gasteiger partial charge in [-0.25, -0.2) is 4.79 Å². The molecule has 1 rings (SSSR count). The molecule has 1 aromatic rings. The van der Waals surface area contributed by atoms with Gasteiger partial charge >= 0.3 is 5.97 Å². The molecule has 0 unspecified atom stereocenters. The molecule has 0 aliphatic heterocycles. The van der Waals surface area contributed by atoms with E-state index in [1.54, 1.807) is 6.07 Å². The highest BCUT2D eigenvalue weighted by molar-refractivity contribution is 5.87. The Balaban J connectivity index is 2.57. The number of esters is 1. The van der Waals surface area contributed by atoms with Crippen LogP contribution in [0.4, 0.5) is 0 Å². The van der Waals surface area contributed by atoms with E-state index in [1.165, 1.54) is 7.11 Å². The van der Waals surface area contributed by atoms with Gasteiger partial charge in [0.1, 0.15) is 5.69 Å². The van der Waals surface area contributed by atoms with Crippen LogP contribution in [0.1, 0.15) is 57.2 Å². The molecule has 19 heavy (non-hydrogen) atoms. The molecule has 0 saturated heterocycles. The summed E-state index contributed by atoms with van der Waals surface area (Å²) in [7, 11) is 1.38. The van der Waals surface area contributed by atoms with Crippen LogP contribution in [-0.4, -0.2) is 23.6 Å². The number of nitrogens with one attached hydrogen (secondary N) is 2. The third-order valence-corrected chi connectivity index (χ3v) is 2.88. The predicted molar refractivity (Wildman–Crippen MR) is 77.1 cm³/mol. The number of aromatic amines is 1. The van der Waals surface area contributed by atoms with Crippen LogP contribution in [0.25, 0.3) is 0 Å². The van der Waals surface area contributed by atoms with Crippen LogP contribution in [0.15, 0.2) is 12.1 Å². The van der Waals surface area contributed by atoms with Gasteiger partial charge in [0, 0.05) is 17.8 Å². The Bertz CT molecular complexity index is 428. The molecule has 0 aromatic carbocycles. The minimum Gasteiger partial charge on any atom is -0.464 e. The van der Waals surface area contributed by atoms with Crippen LogP contribution in [0, 0.1) is 5.41 Å². The SMILES string of the molecule is COC(=O)c1ccc(CNC(C)(C)CC(C)(C)C)[nH]1. The van der Waals surface area contributed by atoms with Crippen molar-refractivity contribution < 1.29 is 9.53 Å². The molecule has 1 aromatic heterocycles. The van der Waals surface area contributed by atoms with Gasteiger partial charge in [-0.2, -0.15) is 0 Å². The van der Waals surface area contributed by atoms with Crippen LogP contribution < -0.4 is 5.32 Å². The molecule has 0 bridgehead atoms. The zero-order chi connectivity index (χ0) is 14.7. The minimum absolute atomic E-state index is 0.0504. The molecule has 0 aliphatic carbocycles. The molecule has 0 fully saturated rings. The third-order valence-electron chi connectivity index (χ3n) is 2.88. The average Bonchev–Trinajstić information content (AvgIpc) is 2.71. The fraction of sp³-hybridized carbons (Fsp3) is 0.667. The lowest BCUT2D eigenvalue weighted by Crippen LogP contribution is -2.41. The van der Waals surface area contributed by atoms with Gasteiger partial charge in [0.05, 0.1) is 7.11 Å². The van der Waals surface area contributed by atoms with Crippen LogP contribution in [0.2, 0.25) is 0 Å². The first kappa shape index (κ1) is 15.8. The molecule has 0 spiro atoms. The van der Waals surface area contributed by atoms with Gasteiger partial charge < -0.3 is 15.0 Å². The van der Waals surface area contributed by atoms with Gasteiger partial charge in [0.25, 0.3) is 0 Å². The number of rotatable bonds is 5. The van der Waals surface area contributed by atoms with E-state index >= 15 is 0 Å². The van der Waals surface area contributed by atoms with Crippen LogP contribution in [-0.2, 0) is 11.3 Å². The molecule has 0 atom stereocenters. The smallest absolute Gasteiger partial charge is 0.354 e. The second kappa shape index (κ2) is 5.78. The first-order chi connectivity index (χ1) is 8.63. The molecule has 0 aliphatic rings. The zero-order valence-corrected chi connectivity index (χ0v) is 12.9. The number of hydrogen-bond acceptors (Lipinski definition) is 3. The van der Waals surface area contributed by atoms with E-state index in [-0.39, 0.29) is 16.9 Å². The van der Waals surface area contributed by atoms with E-state index in [4.69, 9.17) is 0 Å². The Hall–Kier alpha value is -1.29. The summed E-state index contributed by atoms with van der Waals surface area (Å²) in [6, 6.07) is 3.66. The topological polar surface area (TPSA) is 54.1 Å². The second-order valence-corrected chi connectivity index (χ2v) is 6.86. The summed E-state index contributed by atoms with van der Waals surface area (Å²) in [6.07, 6.45) is 1.07. The number of ether oxygens (including phenoxy) is 1. The highest BCUT2D eigenvalue weighted by Gasteiger charge is 2.24. The summed E-state index contributed by atoms with van der Waals surface area (Å²) in [6.45, 7) is 11.8. The summed E-state index contributed by atoms with van der Waals surface area (Å²) >= 11 is 0. The monoisotopic (exact) mass is 266 g/mol. The number of methoxy groups -OCH3 is 1. The van der Waals surface area contributed by atoms with Crippen molar-refractivity contribution in [1.82, 2.24) is 10.3 Å². The Morgan fingerprint density at radius 1 is 1.26 bits per heavy atom. The molecular weight excluding hydrogens is 240 g/mol. The van der Waals surface area contributed by atoms with Gasteiger partial charge in [-0.15, -0.1) is 0 Å². The van der Waals surface area contributed by atoms with Crippen LogP contribution in [0.5, 0.6) is 0 Å². The lowest BCUT2D eigenvalue weighted by atomic mass is 9.82. The van der Waals surface area contributed by atoms with Crippen molar-refractivity contribution in [2.45, 2.75) is 53.1 Å². The molecule has 0 saturated carbocycles. The number of carbonyl (C=O) groups excluding carboxylic acids is 1. The highest BCUT2D eigenvalue weighted by atomic mass is 16.5. The Morgan fingerprint density at radius 2 is 1.89 bits per heavy atom. The number of carbonyl (C=O) groups is 1. The van der Waals surface area contributed by atoms with E-state index < -0.39 is 0 Å². The number of aromatic nitrogens is 1. The number of hydrogen-bond donors (Lipinski definition) is 2. The molecule has 4 nitrogen and oxygen atoms in total. The standard InChI is InChI=1S/C15H26N2O2/c1-14(2,3)10-15(4,5)16-9-11-7-8-12(17-11)13(18)19-6/h7-8,16-17H,9-10H2,1-6H3. The summed E-state index contributed by atoms with van der Waals surface area (Å²) in [4.78, 5) is 14.4. The van der Waals surface area contributed by atoms with Crippen molar-refractivity contribution >= 4 is 5.97 Å². The first-order valence-electron chi connectivity index (χ1n) is 6.64. The summed E-state index contributed by atoms with van der Waals surface area (Å²) in [5, 5.41) is 3.52. The van der Waals surface area contributed by atoms with Crippen molar-refractivity contribution in [3.63, 3.8) is 0 Å². The van der Waals surface area contributed by atoms with E-state index in [2.05, 4.69) is 49.7 Å². The van der Waals surface area contributed by atoms with Crippen molar-refractivity contribution in [3.8, 4) is 0 Å². The summed E-state index contributed by atoms with van der Waals surface area (Å²) in [5.41, 5.74) is 1.81. The van der Waals surface area contributed by atoms with Gasteiger partial charge in [0.2, 0.25) is 0 Å². The largest absolute Gasteiger partial charge is 0.464 e. The van der Waals surface area contributed by atoms with E-state index in [1.807, 2.05) is 6.07 Å². The first-order valence-corrected chi connectivity index (χ1v) is 6.64. The maximum atomic E-state index is 11.3. The minimum atomic E-state index is -0.333. The van der Waals surface area contributed by atoms with E-state index in [9.17, 15) is 4.79 Å². The fourth-order valence-electron chi connectivity index (χ4n) is 2.50. The average molecular weight is 266 g/mol. The van der Waals surface area contributed by atoms with Crippen LogP contribution >= 0.6 is 0 Å². The quantitative estimate of drug-likeness (QED) is 0.805. The van der Waals surface area contributed by atoms with Crippen molar-refractivity contribution in [1.29, 1.82) is 0 Å². The molecule has 0 radical (unpaired) electrons. The highest BCUT2D eigenvalue weighted by Crippen LogP contribution is 2.26. The van der Waals surface area contributed by atoms with Crippen molar-refractivity contribution in [2.75, 3.05) is 7.11 Å². The Morgan fingerprint density at radius 3 is 2.42 bits per heavy atom. The summed E-state index contributed by atoms with van der Waals surface area (Å²) in [5.74, 6) is -0.333. The molecule has 4 heteroatoms. The maximum Gasteiger partial charge on any atom is 0.354 e. The van der Waals surface area contributed by atoms with Crippen molar-refractivity contribution in [3.05, 3.63) is 23.5 Å². The normalized spacial score (nSPS) is 12.5. The number of H-pyrrole nitrogens is 1. The zero-order valence-electron chi connectivity index (χ0n) is 12.9. The van der Waals surface area contributed by atoms with Crippen molar-refractivity contribution in [2.24, 2.45) is 5.41 Å². The van der Waals surface area contributed by atoms with Gasteiger partial charge in [-0.05, 0) is 37.8 Å². The Labute approximate surface area is 115 Å². The fourth-order valence-corrected chi connectivity index (χ4v) is 2.50. The lowest BCUT2D eigenvalue weighted by molar-refractivity contribution is 0.0594. The van der Waals surface area contributed by atoms with Gasteiger partial charge in [-0.1, -0.05) is 20.8 Å². The van der Waals surface area contributed by atoms with Crippen LogP contribution in [0.3, 0.4) is 0 Å². The molecular formula is C15H26N2O2. The lowest BCUT2D eigenvalue weighted by Gasteiger charge is -2.33. The molecule has 0 amide bonds. The van der Waals surface area contributed by atoms with E-state index in [0.717, 1.165) is 12.1 Å². The summed E-state index contributed by atoms with van der Waals surface area (Å²) < 4.78 is 4.67. The maximum absolute atomic E-state index is 11.3. The Kier molecular flexibility index (Phi) is 4.80. The van der Waals surface area contributed by atoms with E-state index in [0.29, 0.717) is 12.2 Å². The second-order valence-electron chi connectivity index (χ2n) is 6.86.